The molecule has 148 valence electrons. The minimum atomic E-state index is -3.79. The van der Waals surface area contributed by atoms with Gasteiger partial charge in [0.2, 0.25) is 10.0 Å². The molecule has 0 atom stereocenters. The van der Waals surface area contributed by atoms with E-state index in [0.717, 1.165) is 12.1 Å². The van der Waals surface area contributed by atoms with Crippen molar-refractivity contribution < 1.29 is 18.1 Å². The number of hydrogen-bond donors (Lipinski definition) is 2. The van der Waals surface area contributed by atoms with Gasteiger partial charge < -0.3 is 4.90 Å². The van der Waals surface area contributed by atoms with E-state index in [9.17, 15) is 23.3 Å². The Kier molecular flexibility index (Phi) is 6.01. The third-order valence-corrected chi connectivity index (χ3v) is 6.52. The molecule has 1 fully saturated rings. The zero-order valence-electron chi connectivity index (χ0n) is 14.8. The number of rotatable bonds is 5. The summed E-state index contributed by atoms with van der Waals surface area (Å²) >= 11 is 4.31. The Morgan fingerprint density at radius 2 is 1.71 bits per heavy atom. The van der Waals surface area contributed by atoms with Gasteiger partial charge in [-0.1, -0.05) is 12.1 Å². The Morgan fingerprint density at radius 1 is 1.11 bits per heavy atom. The maximum Gasteiger partial charge on any atom is 0.269 e. The number of carbonyl (C=O) groups is 1. The average molecular weight is 422 g/mol. The molecule has 1 aliphatic heterocycles. The average Bonchev–Trinajstić information content (AvgIpc) is 2.68. The van der Waals surface area contributed by atoms with Gasteiger partial charge >= 0.3 is 0 Å². The highest BCUT2D eigenvalue weighted by molar-refractivity contribution is 7.89. The van der Waals surface area contributed by atoms with E-state index in [0.29, 0.717) is 36.4 Å². The lowest BCUT2D eigenvalue weighted by Crippen LogP contribution is -2.46. The highest BCUT2D eigenvalue weighted by Gasteiger charge is 2.28. The number of likely N-dealkylation sites (tertiary alicyclic amines) is 1. The van der Waals surface area contributed by atoms with E-state index in [1.165, 1.54) is 12.1 Å². The van der Waals surface area contributed by atoms with Crippen molar-refractivity contribution >= 4 is 34.2 Å². The number of benzene rings is 2. The fourth-order valence-corrected chi connectivity index (χ4v) is 4.62. The van der Waals surface area contributed by atoms with Gasteiger partial charge in [0.1, 0.15) is 0 Å². The van der Waals surface area contributed by atoms with Crippen LogP contribution in [0, 0.1) is 10.1 Å². The number of carbonyl (C=O) groups excluding carboxylic acids is 1. The number of nitro benzene ring substituents is 1. The summed E-state index contributed by atoms with van der Waals surface area (Å²) in [6.45, 7) is 0.850. The molecule has 2 aromatic rings. The predicted octanol–water partition coefficient (Wildman–Crippen LogP) is 2.47. The molecule has 2 aromatic carbocycles. The van der Waals surface area contributed by atoms with Crippen molar-refractivity contribution in [2.75, 3.05) is 13.1 Å². The normalized spacial score (nSPS) is 15.4. The third kappa shape index (κ3) is 4.51. The summed E-state index contributed by atoms with van der Waals surface area (Å²) in [7, 11) is -3.79. The van der Waals surface area contributed by atoms with Crippen LogP contribution in [0.4, 0.5) is 5.69 Å². The van der Waals surface area contributed by atoms with Crippen LogP contribution >= 0.6 is 12.6 Å². The Bertz CT molecular complexity index is 985. The van der Waals surface area contributed by atoms with Gasteiger partial charge in [0, 0.05) is 36.2 Å². The van der Waals surface area contributed by atoms with Crippen molar-refractivity contribution in [2.24, 2.45) is 0 Å². The van der Waals surface area contributed by atoms with Crippen molar-refractivity contribution in [1.82, 2.24) is 9.62 Å². The fraction of sp³-hybridized carbons (Fsp3) is 0.278. The SMILES string of the molecule is O=C(c1ccccc1S)N1CCC(NS(=O)(=O)c2ccc([N+](=O)[O-])cc2)CC1. The summed E-state index contributed by atoms with van der Waals surface area (Å²) < 4.78 is 27.6. The van der Waals surface area contributed by atoms with E-state index in [4.69, 9.17) is 0 Å². The van der Waals surface area contributed by atoms with Crippen LogP contribution in [-0.2, 0) is 10.0 Å². The molecule has 0 unspecified atom stereocenters. The van der Waals surface area contributed by atoms with Crippen LogP contribution in [0.3, 0.4) is 0 Å². The molecule has 8 nitrogen and oxygen atoms in total. The number of hydrogen-bond acceptors (Lipinski definition) is 6. The summed E-state index contributed by atoms with van der Waals surface area (Å²) in [5.41, 5.74) is 0.353. The van der Waals surface area contributed by atoms with Crippen LogP contribution in [0.2, 0.25) is 0 Å². The standard InChI is InChI=1S/C18H19N3O5S2/c22-18(16-3-1-2-4-17(16)27)20-11-9-13(10-12-20)19-28(25,26)15-7-5-14(6-8-15)21(23)24/h1-8,13,19,27H,9-12H2. The Balaban J connectivity index is 1.61. The van der Waals surface area contributed by atoms with Gasteiger partial charge in [-0.25, -0.2) is 13.1 Å². The number of nitrogens with zero attached hydrogens (tertiary/aromatic N) is 2. The first-order valence-corrected chi connectivity index (χ1v) is 10.5. The van der Waals surface area contributed by atoms with E-state index in [2.05, 4.69) is 17.4 Å². The third-order valence-electron chi connectivity index (χ3n) is 4.60. The zero-order valence-corrected chi connectivity index (χ0v) is 16.5. The number of thiol groups is 1. The summed E-state index contributed by atoms with van der Waals surface area (Å²) in [5.74, 6) is -0.123. The number of nitro groups is 1. The molecule has 1 N–H and O–H groups in total. The van der Waals surface area contributed by atoms with E-state index >= 15 is 0 Å². The highest BCUT2D eigenvalue weighted by atomic mass is 32.2. The van der Waals surface area contributed by atoms with Crippen molar-refractivity contribution in [2.45, 2.75) is 28.7 Å². The van der Waals surface area contributed by atoms with Gasteiger partial charge in [0.15, 0.2) is 0 Å². The molecule has 1 saturated heterocycles. The molecular weight excluding hydrogens is 402 g/mol. The molecule has 0 spiro atoms. The number of piperidine rings is 1. The molecule has 1 aliphatic rings. The molecule has 1 amide bonds. The molecule has 28 heavy (non-hydrogen) atoms. The molecule has 10 heteroatoms. The van der Waals surface area contributed by atoms with Crippen LogP contribution < -0.4 is 4.72 Å². The number of sulfonamides is 1. The van der Waals surface area contributed by atoms with E-state index < -0.39 is 14.9 Å². The second kappa shape index (κ2) is 8.29. The van der Waals surface area contributed by atoms with Crippen LogP contribution in [0.25, 0.3) is 0 Å². The Hall–Kier alpha value is -2.43. The number of amides is 1. The lowest BCUT2D eigenvalue weighted by atomic mass is 10.0. The van der Waals surface area contributed by atoms with E-state index in [1.54, 1.807) is 29.2 Å². The molecule has 0 saturated carbocycles. The van der Waals surface area contributed by atoms with Crippen molar-refractivity contribution in [3.63, 3.8) is 0 Å². The maximum atomic E-state index is 12.6. The van der Waals surface area contributed by atoms with Crippen LogP contribution in [0.1, 0.15) is 23.2 Å². The fourth-order valence-electron chi connectivity index (χ4n) is 3.06. The quantitative estimate of drug-likeness (QED) is 0.438. The lowest BCUT2D eigenvalue weighted by Gasteiger charge is -2.32. The maximum absolute atomic E-state index is 12.6. The van der Waals surface area contributed by atoms with Crippen LogP contribution in [0.5, 0.6) is 0 Å². The molecule has 0 bridgehead atoms. The van der Waals surface area contributed by atoms with E-state index in [-0.39, 0.29) is 22.5 Å². The van der Waals surface area contributed by atoms with E-state index in [1.807, 2.05) is 0 Å². The minimum Gasteiger partial charge on any atom is -0.338 e. The summed E-state index contributed by atoms with van der Waals surface area (Å²) in [4.78, 5) is 25.0. The zero-order chi connectivity index (χ0) is 20.3. The van der Waals surface area contributed by atoms with Crippen molar-refractivity contribution in [1.29, 1.82) is 0 Å². The van der Waals surface area contributed by atoms with Crippen LogP contribution in [0.15, 0.2) is 58.3 Å². The first-order chi connectivity index (χ1) is 13.3. The van der Waals surface area contributed by atoms with Gasteiger partial charge in [-0.15, -0.1) is 12.6 Å². The monoisotopic (exact) mass is 421 g/mol. The van der Waals surface area contributed by atoms with Crippen molar-refractivity contribution in [3.8, 4) is 0 Å². The number of non-ortho nitro benzene ring substituents is 1. The van der Waals surface area contributed by atoms with Crippen LogP contribution in [-0.4, -0.2) is 43.3 Å². The topological polar surface area (TPSA) is 110 Å². The summed E-state index contributed by atoms with van der Waals surface area (Å²) in [6.07, 6.45) is 0.958. The first kappa shape index (κ1) is 20.3. The summed E-state index contributed by atoms with van der Waals surface area (Å²) in [5, 5.41) is 10.7. The smallest absolute Gasteiger partial charge is 0.269 e. The molecule has 0 aromatic heterocycles. The lowest BCUT2D eigenvalue weighted by molar-refractivity contribution is -0.384. The highest BCUT2D eigenvalue weighted by Crippen LogP contribution is 2.21. The van der Waals surface area contributed by atoms with Crippen molar-refractivity contribution in [3.05, 3.63) is 64.2 Å². The van der Waals surface area contributed by atoms with Gasteiger partial charge in [0.05, 0.1) is 15.4 Å². The minimum absolute atomic E-state index is 0.0272. The molecule has 1 heterocycles. The largest absolute Gasteiger partial charge is 0.338 e. The van der Waals surface area contributed by atoms with Gasteiger partial charge in [-0.05, 0) is 37.1 Å². The Morgan fingerprint density at radius 3 is 2.29 bits per heavy atom. The van der Waals surface area contributed by atoms with Gasteiger partial charge in [-0.3, -0.25) is 14.9 Å². The summed E-state index contributed by atoms with van der Waals surface area (Å²) in [6, 6.07) is 11.5. The molecule has 0 aliphatic carbocycles. The number of nitrogens with one attached hydrogen (secondary N) is 1. The predicted molar refractivity (Wildman–Crippen MR) is 106 cm³/mol. The first-order valence-electron chi connectivity index (χ1n) is 8.62. The van der Waals surface area contributed by atoms with Gasteiger partial charge in [0.25, 0.3) is 11.6 Å². The molecular formula is C18H19N3O5S2. The Labute approximate surface area is 168 Å². The molecule has 3 rings (SSSR count). The second-order valence-electron chi connectivity index (χ2n) is 6.46. The molecule has 0 radical (unpaired) electrons. The van der Waals surface area contributed by atoms with Gasteiger partial charge in [-0.2, -0.15) is 0 Å². The second-order valence-corrected chi connectivity index (χ2v) is 8.65.